The van der Waals surface area contributed by atoms with E-state index in [-0.39, 0.29) is 10.7 Å². The van der Waals surface area contributed by atoms with Gasteiger partial charge in [0.2, 0.25) is 5.91 Å². The van der Waals surface area contributed by atoms with E-state index < -0.39 is 0 Å². The number of anilines is 1. The van der Waals surface area contributed by atoms with Crippen molar-refractivity contribution >= 4 is 39.1 Å². The number of hydrogen-bond acceptors (Lipinski definition) is 2. The van der Waals surface area contributed by atoms with Crippen molar-refractivity contribution in [1.82, 2.24) is 9.78 Å². The van der Waals surface area contributed by atoms with Crippen molar-refractivity contribution in [3.05, 3.63) is 41.7 Å². The van der Waals surface area contributed by atoms with Gasteiger partial charge in [-0.25, -0.2) is 4.68 Å². The Morgan fingerprint density at radius 3 is 3.00 bits per heavy atom. The lowest BCUT2D eigenvalue weighted by Gasteiger charge is -2.13. The highest BCUT2D eigenvalue weighted by Gasteiger charge is 2.15. The molecule has 2 rings (SSSR count). The number of hydrogen-bond donors (Lipinski definition) is 1. The number of nitrogens with zero attached hydrogens (tertiary/aromatic N) is 2. The van der Waals surface area contributed by atoms with E-state index in [0.29, 0.717) is 17.1 Å². The molecule has 1 unspecified atom stereocenters. The van der Waals surface area contributed by atoms with Crippen molar-refractivity contribution in [3.63, 3.8) is 0 Å². The summed E-state index contributed by atoms with van der Waals surface area (Å²) in [7, 11) is 0. The molecular formula is C13H13BrClN3O. The largest absolute Gasteiger partial charge is 0.323 e. The van der Waals surface area contributed by atoms with Crippen LogP contribution in [0.2, 0.25) is 5.02 Å². The van der Waals surface area contributed by atoms with Crippen molar-refractivity contribution in [2.24, 2.45) is 0 Å². The molecule has 1 aromatic heterocycles. The molecule has 2 aromatic rings. The second-order valence-corrected chi connectivity index (χ2v) is 5.52. The number of carbonyl (C=O) groups is 1. The summed E-state index contributed by atoms with van der Waals surface area (Å²) < 4.78 is 1.68. The molecule has 0 fully saturated rings. The predicted octanol–water partition coefficient (Wildman–Crippen LogP) is 3.64. The zero-order valence-corrected chi connectivity index (χ0v) is 12.6. The SMILES string of the molecule is CCC(Br)C(=O)Nc1cc(Cl)ccc1-n1cccn1. The predicted molar refractivity (Wildman–Crippen MR) is 80.2 cm³/mol. The van der Waals surface area contributed by atoms with E-state index in [1.807, 2.05) is 25.3 Å². The number of alkyl halides is 1. The summed E-state index contributed by atoms with van der Waals surface area (Å²) in [6.45, 7) is 1.94. The smallest absolute Gasteiger partial charge is 0.238 e. The molecule has 1 atom stereocenters. The summed E-state index contributed by atoms with van der Waals surface area (Å²) in [4.78, 5) is 11.7. The molecule has 0 aliphatic rings. The molecule has 1 N–H and O–H groups in total. The summed E-state index contributed by atoms with van der Waals surface area (Å²) in [5.74, 6) is -0.0989. The van der Waals surface area contributed by atoms with E-state index in [0.717, 1.165) is 5.69 Å². The lowest BCUT2D eigenvalue weighted by Crippen LogP contribution is -2.22. The van der Waals surface area contributed by atoms with Crippen LogP contribution in [0, 0.1) is 0 Å². The van der Waals surface area contributed by atoms with Crippen LogP contribution in [0.3, 0.4) is 0 Å². The van der Waals surface area contributed by atoms with Crippen LogP contribution in [-0.4, -0.2) is 20.5 Å². The highest BCUT2D eigenvalue weighted by atomic mass is 79.9. The average molecular weight is 343 g/mol. The number of carbonyl (C=O) groups excluding carboxylic acids is 1. The van der Waals surface area contributed by atoms with Gasteiger partial charge in [0.15, 0.2) is 0 Å². The highest BCUT2D eigenvalue weighted by Crippen LogP contribution is 2.24. The first kappa shape index (κ1) is 14.1. The van der Waals surface area contributed by atoms with Gasteiger partial charge in [-0.2, -0.15) is 5.10 Å². The molecule has 0 radical (unpaired) electrons. The molecule has 4 nitrogen and oxygen atoms in total. The van der Waals surface area contributed by atoms with Gasteiger partial charge >= 0.3 is 0 Å². The summed E-state index contributed by atoms with van der Waals surface area (Å²) in [5.41, 5.74) is 1.41. The van der Waals surface area contributed by atoms with Gasteiger partial charge in [-0.15, -0.1) is 0 Å². The molecule has 0 saturated heterocycles. The Bertz CT molecular complexity index is 571. The Hall–Kier alpha value is -1.33. The van der Waals surface area contributed by atoms with Crippen LogP contribution >= 0.6 is 27.5 Å². The fraction of sp³-hybridized carbons (Fsp3) is 0.231. The van der Waals surface area contributed by atoms with E-state index in [2.05, 4.69) is 26.3 Å². The number of halogens is 2. The molecule has 0 spiro atoms. The van der Waals surface area contributed by atoms with E-state index in [1.165, 1.54) is 0 Å². The summed E-state index contributed by atoms with van der Waals surface area (Å²) in [6.07, 6.45) is 4.20. The lowest BCUT2D eigenvalue weighted by atomic mass is 10.2. The van der Waals surface area contributed by atoms with Crippen LogP contribution in [-0.2, 0) is 4.79 Å². The fourth-order valence-electron chi connectivity index (χ4n) is 1.62. The third-order valence-electron chi connectivity index (χ3n) is 2.61. The Kier molecular flexibility index (Phi) is 4.61. The van der Waals surface area contributed by atoms with Crippen LogP contribution in [0.15, 0.2) is 36.7 Å². The maximum absolute atomic E-state index is 11.9. The first-order valence-corrected chi connectivity index (χ1v) is 7.15. The quantitative estimate of drug-likeness (QED) is 0.862. The van der Waals surface area contributed by atoms with E-state index in [1.54, 1.807) is 23.0 Å². The van der Waals surface area contributed by atoms with Crippen molar-refractivity contribution in [1.29, 1.82) is 0 Å². The topological polar surface area (TPSA) is 46.9 Å². The summed E-state index contributed by atoms with van der Waals surface area (Å²) >= 11 is 9.31. The molecule has 0 aliphatic heterocycles. The molecule has 0 aliphatic carbocycles. The minimum absolute atomic E-state index is 0.0989. The Labute approximate surface area is 124 Å². The van der Waals surface area contributed by atoms with E-state index in [9.17, 15) is 4.79 Å². The zero-order valence-electron chi connectivity index (χ0n) is 10.3. The molecule has 0 saturated carbocycles. The minimum Gasteiger partial charge on any atom is -0.323 e. The van der Waals surface area contributed by atoms with Crippen LogP contribution in [0.25, 0.3) is 5.69 Å². The van der Waals surface area contributed by atoms with E-state index in [4.69, 9.17) is 11.6 Å². The molecule has 1 amide bonds. The summed E-state index contributed by atoms with van der Waals surface area (Å²) in [5, 5.41) is 7.58. The molecule has 19 heavy (non-hydrogen) atoms. The second kappa shape index (κ2) is 6.21. The summed E-state index contributed by atoms with van der Waals surface area (Å²) in [6, 6.07) is 7.12. The highest BCUT2D eigenvalue weighted by molar-refractivity contribution is 9.10. The van der Waals surface area contributed by atoms with Crippen molar-refractivity contribution in [2.75, 3.05) is 5.32 Å². The normalized spacial score (nSPS) is 12.2. The number of rotatable bonds is 4. The van der Waals surface area contributed by atoms with Crippen molar-refractivity contribution in [3.8, 4) is 5.69 Å². The third-order valence-corrected chi connectivity index (χ3v) is 3.91. The molecule has 1 heterocycles. The standard InChI is InChI=1S/C13H13BrClN3O/c1-2-10(14)13(19)17-11-8-9(15)4-5-12(11)18-7-3-6-16-18/h3-8,10H,2H2,1H3,(H,17,19). The average Bonchev–Trinajstić information content (AvgIpc) is 2.91. The maximum atomic E-state index is 11.9. The molecule has 100 valence electrons. The van der Waals surface area contributed by atoms with Gasteiger partial charge < -0.3 is 5.32 Å². The number of nitrogens with one attached hydrogen (secondary N) is 1. The van der Waals surface area contributed by atoms with Crippen molar-refractivity contribution in [2.45, 2.75) is 18.2 Å². The van der Waals surface area contributed by atoms with Gasteiger partial charge in [-0.05, 0) is 30.7 Å². The fourth-order valence-corrected chi connectivity index (χ4v) is 1.90. The number of aromatic nitrogens is 2. The van der Waals surface area contributed by atoms with Gasteiger partial charge in [0.25, 0.3) is 0 Å². The monoisotopic (exact) mass is 341 g/mol. The first-order chi connectivity index (χ1) is 9.11. The van der Waals surface area contributed by atoms with Gasteiger partial charge in [-0.3, -0.25) is 4.79 Å². The van der Waals surface area contributed by atoms with Crippen LogP contribution < -0.4 is 5.32 Å². The third kappa shape index (κ3) is 3.36. The minimum atomic E-state index is -0.225. The van der Waals surface area contributed by atoms with Crippen LogP contribution in [0.4, 0.5) is 5.69 Å². The van der Waals surface area contributed by atoms with Gasteiger partial charge in [-0.1, -0.05) is 34.5 Å². The molecule has 1 aromatic carbocycles. The Morgan fingerprint density at radius 1 is 1.58 bits per heavy atom. The van der Waals surface area contributed by atoms with Crippen molar-refractivity contribution < 1.29 is 4.79 Å². The van der Waals surface area contributed by atoms with Crippen LogP contribution in [0.5, 0.6) is 0 Å². The Morgan fingerprint density at radius 2 is 2.37 bits per heavy atom. The zero-order chi connectivity index (χ0) is 13.8. The second-order valence-electron chi connectivity index (χ2n) is 3.98. The molecule has 0 bridgehead atoms. The van der Waals surface area contributed by atoms with Gasteiger partial charge in [0.1, 0.15) is 0 Å². The number of benzene rings is 1. The number of amides is 1. The lowest BCUT2D eigenvalue weighted by molar-refractivity contribution is -0.115. The Balaban J connectivity index is 2.33. The van der Waals surface area contributed by atoms with E-state index >= 15 is 0 Å². The molecule has 6 heteroatoms. The molecular weight excluding hydrogens is 330 g/mol. The van der Waals surface area contributed by atoms with Gasteiger partial charge in [0, 0.05) is 17.4 Å². The maximum Gasteiger partial charge on any atom is 0.238 e. The first-order valence-electron chi connectivity index (χ1n) is 5.86. The van der Waals surface area contributed by atoms with Crippen LogP contribution in [0.1, 0.15) is 13.3 Å². The van der Waals surface area contributed by atoms with Gasteiger partial charge in [0.05, 0.1) is 16.2 Å².